The number of para-hydroxylation sites is 2. The lowest BCUT2D eigenvalue weighted by atomic mass is 10.0. The number of benzene rings is 2. The Bertz CT molecular complexity index is 1910. The summed E-state index contributed by atoms with van der Waals surface area (Å²) in [4.78, 5) is 77.3. The van der Waals surface area contributed by atoms with E-state index >= 15 is 0 Å². The van der Waals surface area contributed by atoms with Gasteiger partial charge >= 0.3 is 5.97 Å². The zero-order valence-electron chi connectivity index (χ0n) is 27.8. The molecule has 0 unspecified atom stereocenters. The number of likely N-dealkylation sites (tertiary alicyclic amines) is 2. The molecule has 0 radical (unpaired) electrons. The van der Waals surface area contributed by atoms with Crippen molar-refractivity contribution in [3.05, 3.63) is 72.1 Å². The molecule has 5 heterocycles. The Morgan fingerprint density at radius 2 is 1.30 bits per heavy atom. The standard InChI is InChI=1S/C37H43N7O6/c45-33(42-30(37(49)50)19-23-21-40-27-11-4-2-9-25(23)27)29(18-22-20-39-26-10-3-1-8-24(22)26)41-34(46)31-13-6-16-43(31)36(48)32-14-7-17-44(32)35(47)28-12-5-15-38-28/h1-4,8-11,20-21,28-32,38-40H,5-7,12-19H2,(H,41,46)(H,42,45)(H,49,50)/t28-,29-,30-,31-,32-/m0/s1. The van der Waals surface area contributed by atoms with Gasteiger partial charge in [-0.05, 0) is 68.3 Å². The van der Waals surface area contributed by atoms with E-state index in [-0.39, 0.29) is 30.7 Å². The van der Waals surface area contributed by atoms with Crippen molar-refractivity contribution in [2.24, 2.45) is 0 Å². The number of aromatic amines is 2. The third-order valence-electron chi connectivity index (χ3n) is 10.5. The van der Waals surface area contributed by atoms with E-state index in [1.165, 1.54) is 0 Å². The number of nitrogens with one attached hydrogen (secondary N) is 5. The maximum Gasteiger partial charge on any atom is 0.326 e. The molecule has 0 bridgehead atoms. The van der Waals surface area contributed by atoms with Gasteiger partial charge in [0.25, 0.3) is 0 Å². The molecule has 13 nitrogen and oxygen atoms in total. The van der Waals surface area contributed by atoms with Crippen LogP contribution in [0.2, 0.25) is 0 Å². The number of carbonyl (C=O) groups excluding carboxylic acids is 4. The minimum atomic E-state index is -1.26. The number of H-pyrrole nitrogens is 2. The molecule has 3 aliphatic heterocycles. The van der Waals surface area contributed by atoms with E-state index in [9.17, 15) is 29.1 Å². The van der Waals surface area contributed by atoms with Crippen molar-refractivity contribution in [3.63, 3.8) is 0 Å². The monoisotopic (exact) mass is 681 g/mol. The average molecular weight is 682 g/mol. The smallest absolute Gasteiger partial charge is 0.326 e. The van der Waals surface area contributed by atoms with Crippen LogP contribution >= 0.6 is 0 Å². The van der Waals surface area contributed by atoms with Gasteiger partial charge in [0.1, 0.15) is 24.2 Å². The maximum atomic E-state index is 14.0. The van der Waals surface area contributed by atoms with Crippen molar-refractivity contribution in [2.45, 2.75) is 81.6 Å². The van der Waals surface area contributed by atoms with Crippen LogP contribution in [0.15, 0.2) is 60.9 Å². The van der Waals surface area contributed by atoms with Crippen LogP contribution in [0.1, 0.15) is 49.7 Å². The molecular weight excluding hydrogens is 638 g/mol. The molecule has 3 saturated heterocycles. The topological polar surface area (TPSA) is 180 Å². The molecule has 0 spiro atoms. The van der Waals surface area contributed by atoms with E-state index < -0.39 is 42.0 Å². The van der Waals surface area contributed by atoms with Gasteiger partial charge in [0, 0.05) is 60.1 Å². The largest absolute Gasteiger partial charge is 0.480 e. The summed E-state index contributed by atoms with van der Waals surface area (Å²) < 4.78 is 0. The number of amides is 4. The molecule has 50 heavy (non-hydrogen) atoms. The number of rotatable bonds is 11. The summed E-state index contributed by atoms with van der Waals surface area (Å²) in [6, 6.07) is 11.1. The zero-order chi connectivity index (χ0) is 34.8. The van der Waals surface area contributed by atoms with E-state index in [4.69, 9.17) is 0 Å². The van der Waals surface area contributed by atoms with Crippen molar-refractivity contribution in [2.75, 3.05) is 19.6 Å². The van der Waals surface area contributed by atoms with Gasteiger partial charge in [-0.1, -0.05) is 36.4 Å². The van der Waals surface area contributed by atoms with E-state index in [1.54, 1.807) is 22.2 Å². The Balaban J connectivity index is 1.10. The molecule has 2 aromatic carbocycles. The molecule has 0 aliphatic carbocycles. The van der Waals surface area contributed by atoms with Crippen molar-refractivity contribution < 1.29 is 29.1 Å². The van der Waals surface area contributed by atoms with E-state index in [0.29, 0.717) is 32.4 Å². The quantitative estimate of drug-likeness (QED) is 0.141. The summed E-state index contributed by atoms with van der Waals surface area (Å²) in [5, 5.41) is 20.7. The third kappa shape index (κ3) is 6.69. The number of carboxylic acid groups (broad SMARTS) is 1. The minimum Gasteiger partial charge on any atom is -0.480 e. The van der Waals surface area contributed by atoms with Gasteiger partial charge in [0.05, 0.1) is 6.04 Å². The Labute approximate surface area is 289 Å². The highest BCUT2D eigenvalue weighted by atomic mass is 16.4. The second kappa shape index (κ2) is 14.4. The first-order chi connectivity index (χ1) is 24.3. The molecular formula is C37H43N7O6. The van der Waals surface area contributed by atoms with Crippen LogP contribution in [0.5, 0.6) is 0 Å². The third-order valence-corrected chi connectivity index (χ3v) is 10.5. The van der Waals surface area contributed by atoms with Gasteiger partial charge in [-0.2, -0.15) is 0 Å². The summed E-state index contributed by atoms with van der Waals surface area (Å²) in [5.74, 6) is -2.61. The van der Waals surface area contributed by atoms with Crippen LogP contribution in [-0.4, -0.2) is 104 Å². The summed E-state index contributed by atoms with van der Waals surface area (Å²) >= 11 is 0. The molecule has 4 amide bonds. The predicted octanol–water partition coefficient (Wildman–Crippen LogP) is 2.22. The van der Waals surface area contributed by atoms with Gasteiger partial charge in [0.15, 0.2) is 0 Å². The molecule has 5 atom stereocenters. The molecule has 13 heteroatoms. The maximum absolute atomic E-state index is 14.0. The molecule has 262 valence electrons. The molecule has 3 fully saturated rings. The normalized spacial score (nSPS) is 21.8. The Hall–Kier alpha value is -5.17. The van der Waals surface area contributed by atoms with Crippen molar-refractivity contribution in [3.8, 4) is 0 Å². The van der Waals surface area contributed by atoms with Crippen molar-refractivity contribution in [1.82, 2.24) is 35.7 Å². The van der Waals surface area contributed by atoms with E-state index in [0.717, 1.165) is 58.7 Å². The number of hydrogen-bond acceptors (Lipinski definition) is 6. The number of carboxylic acids is 1. The van der Waals surface area contributed by atoms with E-state index in [2.05, 4.69) is 25.9 Å². The first-order valence-corrected chi connectivity index (χ1v) is 17.6. The van der Waals surface area contributed by atoms with Crippen LogP contribution < -0.4 is 16.0 Å². The number of carbonyl (C=O) groups is 5. The second-order valence-electron chi connectivity index (χ2n) is 13.6. The highest BCUT2D eigenvalue weighted by Gasteiger charge is 2.44. The van der Waals surface area contributed by atoms with Crippen LogP contribution in [0.3, 0.4) is 0 Å². The summed E-state index contributed by atoms with van der Waals surface area (Å²) in [7, 11) is 0. The molecule has 7 rings (SSSR count). The highest BCUT2D eigenvalue weighted by molar-refractivity contribution is 5.97. The first kappa shape index (κ1) is 33.3. The highest BCUT2D eigenvalue weighted by Crippen LogP contribution is 2.27. The van der Waals surface area contributed by atoms with Gasteiger partial charge in [0.2, 0.25) is 23.6 Å². The fourth-order valence-electron chi connectivity index (χ4n) is 7.87. The fraction of sp³-hybridized carbons (Fsp3) is 0.432. The number of fused-ring (bicyclic) bond motifs is 2. The van der Waals surface area contributed by atoms with Gasteiger partial charge < -0.3 is 40.8 Å². The van der Waals surface area contributed by atoms with Crippen LogP contribution in [-0.2, 0) is 36.8 Å². The summed E-state index contributed by atoms with van der Waals surface area (Å²) in [6.07, 6.45) is 7.62. The number of aliphatic carboxylic acids is 1. The number of nitrogens with zero attached hydrogens (tertiary/aromatic N) is 2. The molecule has 2 aromatic heterocycles. The van der Waals surface area contributed by atoms with Crippen molar-refractivity contribution >= 4 is 51.4 Å². The summed E-state index contributed by atoms with van der Waals surface area (Å²) in [5.41, 5.74) is 3.25. The van der Waals surface area contributed by atoms with Gasteiger partial charge in [-0.25, -0.2) is 4.79 Å². The average Bonchev–Trinajstić information content (AvgIpc) is 3.97. The predicted molar refractivity (Wildman–Crippen MR) is 186 cm³/mol. The number of aromatic nitrogens is 2. The SMILES string of the molecule is O=C(O)[C@H](Cc1c[nH]c2ccccc12)NC(=O)[C@H](Cc1c[nH]c2ccccc12)NC(=O)[C@@H]1CCCN1C(=O)[C@@H]1CCCN1C(=O)[C@@H]1CCCN1. The van der Waals surface area contributed by atoms with Gasteiger partial charge in [-0.3, -0.25) is 19.2 Å². The molecule has 0 saturated carbocycles. The van der Waals surface area contributed by atoms with Gasteiger partial charge in [-0.15, -0.1) is 0 Å². The van der Waals surface area contributed by atoms with Crippen LogP contribution in [0, 0.1) is 0 Å². The van der Waals surface area contributed by atoms with Crippen LogP contribution in [0.25, 0.3) is 21.8 Å². The van der Waals surface area contributed by atoms with E-state index in [1.807, 2.05) is 48.5 Å². The fourth-order valence-corrected chi connectivity index (χ4v) is 7.87. The minimum absolute atomic E-state index is 0.0384. The zero-order valence-corrected chi connectivity index (χ0v) is 27.8. The molecule has 3 aliphatic rings. The number of hydrogen-bond donors (Lipinski definition) is 6. The molecule has 6 N–H and O–H groups in total. The molecule has 4 aromatic rings. The Morgan fingerprint density at radius 3 is 1.90 bits per heavy atom. The first-order valence-electron chi connectivity index (χ1n) is 17.6. The lowest BCUT2D eigenvalue weighted by molar-refractivity contribution is -0.147. The van der Waals surface area contributed by atoms with Crippen molar-refractivity contribution in [1.29, 1.82) is 0 Å². The summed E-state index contributed by atoms with van der Waals surface area (Å²) in [6.45, 7) is 1.66. The Morgan fingerprint density at radius 1 is 0.720 bits per heavy atom. The Kier molecular flexibility index (Phi) is 9.57. The van der Waals surface area contributed by atoms with Crippen LogP contribution in [0.4, 0.5) is 0 Å². The second-order valence-corrected chi connectivity index (χ2v) is 13.6. The lowest BCUT2D eigenvalue weighted by Crippen LogP contribution is -2.58. The lowest BCUT2D eigenvalue weighted by Gasteiger charge is -2.32.